The van der Waals surface area contributed by atoms with Crippen LogP contribution >= 0.6 is 0 Å². The van der Waals surface area contributed by atoms with Crippen molar-refractivity contribution in [3.8, 4) is 11.1 Å². The maximum atomic E-state index is 12.6. The number of alkyl carbamates (subject to hydrolysis) is 1. The first-order valence-electron chi connectivity index (χ1n) is 12.1. The minimum absolute atomic E-state index is 0.00111. The van der Waals surface area contributed by atoms with Crippen LogP contribution in [0.4, 0.5) is 4.79 Å². The Hall–Kier alpha value is -3.35. The summed E-state index contributed by atoms with van der Waals surface area (Å²) in [4.78, 5) is 37.9. The van der Waals surface area contributed by atoms with Crippen molar-refractivity contribution in [2.24, 2.45) is 11.8 Å². The number of nitrogens with one attached hydrogen (secondary N) is 1. The van der Waals surface area contributed by atoms with Crippen LogP contribution in [0.5, 0.6) is 0 Å². The second kappa shape index (κ2) is 9.49. The van der Waals surface area contributed by atoms with Crippen molar-refractivity contribution in [3.63, 3.8) is 0 Å². The summed E-state index contributed by atoms with van der Waals surface area (Å²) >= 11 is 0. The molecule has 2 aliphatic carbocycles. The van der Waals surface area contributed by atoms with Crippen LogP contribution in [0.3, 0.4) is 0 Å². The third-order valence-corrected chi connectivity index (χ3v) is 7.56. The standard InChI is InChI=1S/C27H30N2O5/c30-25(29-12-11-18(15-29)26(31)32)14-17-9-10-19(13-17)28-27(33)34-16-24-22-7-3-1-5-20(22)21-6-2-4-8-23(21)24/h1-8,17-19,24H,9-16H2,(H,28,33)(H,31,32). The summed E-state index contributed by atoms with van der Waals surface area (Å²) in [6.45, 7) is 1.11. The van der Waals surface area contributed by atoms with Crippen LogP contribution < -0.4 is 5.32 Å². The fourth-order valence-electron chi connectivity index (χ4n) is 5.76. The molecule has 0 spiro atoms. The van der Waals surface area contributed by atoms with Gasteiger partial charge in [0.15, 0.2) is 0 Å². The number of likely N-dealkylation sites (tertiary alicyclic amines) is 1. The molecule has 34 heavy (non-hydrogen) atoms. The van der Waals surface area contributed by atoms with E-state index >= 15 is 0 Å². The Labute approximate surface area is 199 Å². The summed E-state index contributed by atoms with van der Waals surface area (Å²) in [5.41, 5.74) is 4.76. The van der Waals surface area contributed by atoms with Crippen molar-refractivity contribution < 1.29 is 24.2 Å². The van der Waals surface area contributed by atoms with E-state index in [1.54, 1.807) is 4.90 Å². The van der Waals surface area contributed by atoms with Crippen molar-refractivity contribution in [1.82, 2.24) is 10.2 Å². The highest BCUT2D eigenvalue weighted by Gasteiger charge is 2.34. The molecule has 7 nitrogen and oxygen atoms in total. The predicted octanol–water partition coefficient (Wildman–Crippen LogP) is 4.02. The molecule has 2 amide bonds. The van der Waals surface area contributed by atoms with Gasteiger partial charge in [-0.3, -0.25) is 9.59 Å². The van der Waals surface area contributed by atoms with Gasteiger partial charge in [0.1, 0.15) is 6.61 Å². The summed E-state index contributed by atoms with van der Waals surface area (Å²) < 4.78 is 5.65. The van der Waals surface area contributed by atoms with Gasteiger partial charge in [-0.25, -0.2) is 4.79 Å². The van der Waals surface area contributed by atoms with Crippen LogP contribution in [-0.2, 0) is 14.3 Å². The Morgan fingerprint density at radius 2 is 1.65 bits per heavy atom. The lowest BCUT2D eigenvalue weighted by molar-refractivity contribution is -0.141. The highest BCUT2D eigenvalue weighted by molar-refractivity contribution is 5.80. The van der Waals surface area contributed by atoms with Gasteiger partial charge in [0.05, 0.1) is 5.92 Å². The largest absolute Gasteiger partial charge is 0.481 e. The number of fused-ring (bicyclic) bond motifs is 3. The second-order valence-electron chi connectivity index (χ2n) is 9.71. The molecule has 0 bridgehead atoms. The van der Waals surface area contributed by atoms with Crippen molar-refractivity contribution in [1.29, 1.82) is 0 Å². The third kappa shape index (κ3) is 4.52. The second-order valence-corrected chi connectivity index (χ2v) is 9.71. The summed E-state index contributed by atoms with van der Waals surface area (Å²) in [5, 5.41) is 12.1. The summed E-state index contributed by atoms with van der Waals surface area (Å²) in [5.74, 6) is -1.02. The van der Waals surface area contributed by atoms with E-state index in [4.69, 9.17) is 9.84 Å². The number of carboxylic acids is 1. The molecule has 3 unspecified atom stereocenters. The lowest BCUT2D eigenvalue weighted by atomic mass is 9.98. The molecule has 5 rings (SSSR count). The molecule has 0 aromatic heterocycles. The Morgan fingerprint density at radius 3 is 2.29 bits per heavy atom. The zero-order valence-electron chi connectivity index (χ0n) is 19.1. The molecular weight excluding hydrogens is 432 g/mol. The van der Waals surface area contributed by atoms with Crippen molar-refractivity contribution in [3.05, 3.63) is 59.7 Å². The first-order valence-corrected chi connectivity index (χ1v) is 12.1. The lowest BCUT2D eigenvalue weighted by Gasteiger charge is -2.19. The van der Waals surface area contributed by atoms with Gasteiger partial charge in [-0.05, 0) is 53.9 Å². The van der Waals surface area contributed by atoms with E-state index in [2.05, 4.69) is 29.6 Å². The number of benzene rings is 2. The molecular formula is C27H30N2O5. The van der Waals surface area contributed by atoms with Gasteiger partial charge in [0, 0.05) is 31.5 Å². The SMILES string of the molecule is O=C(NC1CCC(CC(=O)N2CCC(C(=O)O)C2)C1)OCC1c2ccccc2-c2ccccc21. The fourth-order valence-corrected chi connectivity index (χ4v) is 5.76. The molecule has 2 fully saturated rings. The number of aliphatic carboxylic acids is 1. The average Bonchev–Trinajstić information content (AvgIpc) is 3.56. The zero-order chi connectivity index (χ0) is 23.7. The molecule has 2 aromatic carbocycles. The molecule has 2 N–H and O–H groups in total. The minimum Gasteiger partial charge on any atom is -0.481 e. The number of amides is 2. The number of carboxylic acid groups (broad SMARTS) is 1. The smallest absolute Gasteiger partial charge is 0.407 e. The van der Waals surface area contributed by atoms with Gasteiger partial charge in [-0.1, -0.05) is 48.5 Å². The van der Waals surface area contributed by atoms with Gasteiger partial charge in [0.2, 0.25) is 5.91 Å². The van der Waals surface area contributed by atoms with Gasteiger partial charge >= 0.3 is 12.1 Å². The van der Waals surface area contributed by atoms with E-state index in [0.29, 0.717) is 25.9 Å². The molecule has 0 radical (unpaired) electrons. The minimum atomic E-state index is -0.830. The van der Waals surface area contributed by atoms with Crippen molar-refractivity contribution in [2.75, 3.05) is 19.7 Å². The molecule has 3 atom stereocenters. The molecule has 2 aromatic rings. The first kappa shape index (κ1) is 22.4. The topological polar surface area (TPSA) is 95.9 Å². The van der Waals surface area contributed by atoms with Crippen LogP contribution in [0, 0.1) is 11.8 Å². The number of rotatable bonds is 6. The molecule has 1 saturated carbocycles. The number of hydrogen-bond donors (Lipinski definition) is 2. The van der Waals surface area contributed by atoms with Crippen LogP contribution in [0.2, 0.25) is 0 Å². The normalized spacial score (nSPS) is 23.4. The molecule has 1 heterocycles. The predicted molar refractivity (Wildman–Crippen MR) is 126 cm³/mol. The number of carbonyl (C=O) groups excluding carboxylic acids is 2. The Morgan fingerprint density at radius 1 is 0.971 bits per heavy atom. The van der Waals surface area contributed by atoms with E-state index in [9.17, 15) is 14.4 Å². The quantitative estimate of drug-likeness (QED) is 0.676. The van der Waals surface area contributed by atoms with E-state index in [1.165, 1.54) is 22.3 Å². The Bertz CT molecular complexity index is 1050. The maximum absolute atomic E-state index is 12.6. The van der Waals surface area contributed by atoms with Gasteiger partial charge in [-0.15, -0.1) is 0 Å². The summed E-state index contributed by atoms with van der Waals surface area (Å²) in [6, 6.07) is 16.5. The van der Waals surface area contributed by atoms with Crippen LogP contribution in [0.15, 0.2) is 48.5 Å². The highest BCUT2D eigenvalue weighted by atomic mass is 16.5. The zero-order valence-corrected chi connectivity index (χ0v) is 19.1. The van der Waals surface area contributed by atoms with Crippen molar-refractivity contribution >= 4 is 18.0 Å². The van der Waals surface area contributed by atoms with E-state index in [-0.39, 0.29) is 30.4 Å². The Balaban J connectivity index is 1.10. The number of ether oxygens (including phenoxy) is 1. The van der Waals surface area contributed by atoms with Gasteiger partial charge in [0.25, 0.3) is 0 Å². The fraction of sp³-hybridized carbons (Fsp3) is 0.444. The van der Waals surface area contributed by atoms with Crippen LogP contribution in [0.25, 0.3) is 11.1 Å². The van der Waals surface area contributed by atoms with E-state index < -0.39 is 18.0 Å². The number of nitrogens with zero attached hydrogens (tertiary/aromatic N) is 1. The Kier molecular flexibility index (Phi) is 6.26. The molecule has 1 saturated heterocycles. The third-order valence-electron chi connectivity index (χ3n) is 7.56. The summed E-state index contributed by atoms with van der Waals surface area (Å²) in [6.07, 6.45) is 2.96. The first-order chi connectivity index (χ1) is 16.5. The van der Waals surface area contributed by atoms with Crippen LogP contribution in [-0.4, -0.2) is 53.7 Å². The number of hydrogen-bond acceptors (Lipinski definition) is 4. The molecule has 1 aliphatic heterocycles. The highest BCUT2D eigenvalue weighted by Crippen LogP contribution is 2.44. The monoisotopic (exact) mass is 462 g/mol. The maximum Gasteiger partial charge on any atom is 0.407 e. The van der Waals surface area contributed by atoms with Crippen molar-refractivity contribution in [2.45, 2.75) is 44.1 Å². The van der Waals surface area contributed by atoms with Gasteiger partial charge < -0.3 is 20.1 Å². The molecule has 3 aliphatic rings. The number of carbonyl (C=O) groups is 3. The van der Waals surface area contributed by atoms with Gasteiger partial charge in [-0.2, -0.15) is 0 Å². The lowest BCUT2D eigenvalue weighted by Crippen LogP contribution is -2.35. The van der Waals surface area contributed by atoms with E-state index in [1.807, 2.05) is 24.3 Å². The molecule has 7 heteroatoms. The van der Waals surface area contributed by atoms with Crippen LogP contribution in [0.1, 0.15) is 49.1 Å². The average molecular weight is 463 g/mol. The van der Waals surface area contributed by atoms with E-state index in [0.717, 1.165) is 19.3 Å². The summed E-state index contributed by atoms with van der Waals surface area (Å²) in [7, 11) is 0. The molecule has 178 valence electrons.